The van der Waals surface area contributed by atoms with Crippen molar-refractivity contribution in [1.29, 1.82) is 0 Å². The molecule has 0 bridgehead atoms. The third-order valence-corrected chi connectivity index (χ3v) is 4.14. The molecule has 2 amide bonds. The van der Waals surface area contributed by atoms with Crippen LogP contribution in [0.15, 0.2) is 0 Å². The molecule has 1 fully saturated rings. The van der Waals surface area contributed by atoms with Crippen LogP contribution in [0.3, 0.4) is 0 Å². The number of amides is 2. The van der Waals surface area contributed by atoms with Crippen LogP contribution in [0.2, 0.25) is 0 Å². The van der Waals surface area contributed by atoms with Crippen LogP contribution in [0.25, 0.3) is 0 Å². The maximum Gasteiger partial charge on any atom is 0.245 e. The van der Waals surface area contributed by atoms with Crippen molar-refractivity contribution >= 4 is 17.6 Å². The summed E-state index contributed by atoms with van der Waals surface area (Å²) in [5.41, 5.74) is 0. The zero-order valence-corrected chi connectivity index (χ0v) is 14.5. The first-order valence-electron chi connectivity index (χ1n) is 8.42. The van der Waals surface area contributed by atoms with Crippen LogP contribution in [0.1, 0.15) is 33.6 Å². The molecule has 1 aliphatic rings. The number of aliphatic hydroxyl groups excluding tert-OH is 2. The molecule has 1 saturated heterocycles. The van der Waals surface area contributed by atoms with E-state index < -0.39 is 30.7 Å². The smallest absolute Gasteiger partial charge is 0.245 e. The van der Waals surface area contributed by atoms with Crippen molar-refractivity contribution in [2.24, 2.45) is 11.8 Å². The zero-order chi connectivity index (χ0) is 18.3. The first-order valence-corrected chi connectivity index (χ1v) is 8.42. The first kappa shape index (κ1) is 20.5. The number of hydrogen-bond donors (Lipinski definition) is 5. The Morgan fingerprint density at radius 3 is 2.33 bits per heavy atom. The first-order chi connectivity index (χ1) is 11.3. The summed E-state index contributed by atoms with van der Waals surface area (Å²) >= 11 is 0. The maximum absolute atomic E-state index is 12.3. The van der Waals surface area contributed by atoms with Crippen molar-refractivity contribution in [2.45, 2.75) is 51.8 Å². The van der Waals surface area contributed by atoms with Gasteiger partial charge in [-0.25, -0.2) is 0 Å². The van der Waals surface area contributed by atoms with Gasteiger partial charge in [-0.2, -0.15) is 0 Å². The molecular weight excluding hydrogens is 314 g/mol. The Labute approximate surface area is 142 Å². The number of aliphatic hydroxyl groups is 2. The Kier molecular flexibility index (Phi) is 8.30. The molecule has 0 aromatic heterocycles. The fourth-order valence-electron chi connectivity index (χ4n) is 2.62. The Hall–Kier alpha value is -1.51. The Morgan fingerprint density at radius 1 is 1.21 bits per heavy atom. The molecule has 1 aliphatic heterocycles. The van der Waals surface area contributed by atoms with Crippen molar-refractivity contribution in [3.8, 4) is 0 Å². The molecule has 138 valence electrons. The summed E-state index contributed by atoms with van der Waals surface area (Å²) in [4.78, 5) is 36.5. The topological polar surface area (TPSA) is 128 Å². The summed E-state index contributed by atoms with van der Waals surface area (Å²) in [5, 5.41) is 27.2. The number of nitrogens with one attached hydrogen (secondary N) is 3. The van der Waals surface area contributed by atoms with E-state index in [0.717, 1.165) is 19.4 Å². The van der Waals surface area contributed by atoms with Gasteiger partial charge in [0.15, 0.2) is 5.78 Å². The fraction of sp³-hybridized carbons (Fsp3) is 0.812. The van der Waals surface area contributed by atoms with E-state index in [2.05, 4.69) is 16.0 Å². The minimum Gasteiger partial charge on any atom is -0.394 e. The van der Waals surface area contributed by atoms with E-state index in [1.807, 2.05) is 0 Å². The summed E-state index contributed by atoms with van der Waals surface area (Å²) < 4.78 is 0. The average Bonchev–Trinajstić information content (AvgIpc) is 2.56. The summed E-state index contributed by atoms with van der Waals surface area (Å²) in [7, 11) is 0. The molecule has 0 radical (unpaired) electrons. The Morgan fingerprint density at radius 2 is 1.88 bits per heavy atom. The molecule has 5 N–H and O–H groups in total. The van der Waals surface area contributed by atoms with Crippen molar-refractivity contribution in [2.75, 3.05) is 19.7 Å². The Balaban J connectivity index is 2.70. The lowest BCUT2D eigenvalue weighted by Gasteiger charge is -2.27. The number of piperidine rings is 1. The maximum atomic E-state index is 12.3. The number of hydrogen-bond acceptors (Lipinski definition) is 6. The van der Waals surface area contributed by atoms with E-state index >= 15 is 0 Å². The van der Waals surface area contributed by atoms with Gasteiger partial charge in [0.05, 0.1) is 18.6 Å². The Bertz CT molecular complexity index is 447. The van der Waals surface area contributed by atoms with Crippen LogP contribution in [0, 0.1) is 11.8 Å². The van der Waals surface area contributed by atoms with Gasteiger partial charge < -0.3 is 26.2 Å². The molecular formula is C16H29N3O5. The summed E-state index contributed by atoms with van der Waals surface area (Å²) in [6.45, 7) is 5.59. The van der Waals surface area contributed by atoms with E-state index in [1.165, 1.54) is 6.92 Å². The minimum absolute atomic E-state index is 0.251. The summed E-state index contributed by atoms with van der Waals surface area (Å²) in [5.74, 6) is -1.90. The van der Waals surface area contributed by atoms with E-state index in [9.17, 15) is 24.6 Å². The lowest BCUT2D eigenvalue weighted by Crippen LogP contribution is -2.58. The predicted octanol–water partition coefficient (Wildman–Crippen LogP) is -1.45. The van der Waals surface area contributed by atoms with Gasteiger partial charge >= 0.3 is 0 Å². The molecule has 24 heavy (non-hydrogen) atoms. The van der Waals surface area contributed by atoms with Crippen LogP contribution in [0.5, 0.6) is 0 Å². The monoisotopic (exact) mass is 343 g/mol. The van der Waals surface area contributed by atoms with Crippen molar-refractivity contribution in [1.82, 2.24) is 16.0 Å². The van der Waals surface area contributed by atoms with Crippen molar-refractivity contribution in [3.63, 3.8) is 0 Å². The van der Waals surface area contributed by atoms with Gasteiger partial charge in [0.2, 0.25) is 11.8 Å². The van der Waals surface area contributed by atoms with Crippen LogP contribution in [0.4, 0.5) is 0 Å². The minimum atomic E-state index is -1.17. The highest BCUT2D eigenvalue weighted by Gasteiger charge is 2.32. The molecule has 1 heterocycles. The molecule has 8 heteroatoms. The van der Waals surface area contributed by atoms with Crippen LogP contribution in [-0.2, 0) is 14.4 Å². The largest absolute Gasteiger partial charge is 0.394 e. The van der Waals surface area contributed by atoms with Gasteiger partial charge in [0, 0.05) is 12.5 Å². The van der Waals surface area contributed by atoms with Gasteiger partial charge in [0.1, 0.15) is 12.1 Å². The van der Waals surface area contributed by atoms with Crippen molar-refractivity contribution in [3.05, 3.63) is 0 Å². The number of rotatable bonds is 8. The van der Waals surface area contributed by atoms with E-state index in [4.69, 9.17) is 0 Å². The molecule has 0 aromatic carbocycles. The highest BCUT2D eigenvalue weighted by Crippen LogP contribution is 2.11. The normalized spacial score (nSPS) is 21.7. The molecule has 0 unspecified atom stereocenters. The molecule has 0 aromatic rings. The lowest BCUT2D eigenvalue weighted by atomic mass is 9.97. The standard InChI is InChI=1S/C16H29N3O5/c1-9(2)14(22)12(8-20)18-16(24)13(10(3)21)19-15(23)11-5-4-6-17-7-11/h9-13,17,20-21H,4-8H2,1-3H3,(H,18,24)(H,19,23)/t10-,11-,12+,13-/m0/s1. The number of carbonyl (C=O) groups is 3. The fourth-order valence-corrected chi connectivity index (χ4v) is 2.62. The third kappa shape index (κ3) is 5.85. The van der Waals surface area contributed by atoms with Gasteiger partial charge in [-0.1, -0.05) is 13.8 Å². The van der Waals surface area contributed by atoms with Gasteiger partial charge in [0.25, 0.3) is 0 Å². The molecule has 0 spiro atoms. The molecule has 0 saturated carbocycles. The van der Waals surface area contributed by atoms with Crippen LogP contribution >= 0.6 is 0 Å². The third-order valence-electron chi connectivity index (χ3n) is 4.14. The van der Waals surface area contributed by atoms with Crippen LogP contribution < -0.4 is 16.0 Å². The van der Waals surface area contributed by atoms with Crippen LogP contribution in [-0.4, -0.2) is 65.7 Å². The van der Waals surface area contributed by atoms with Gasteiger partial charge in [-0.15, -0.1) is 0 Å². The molecule has 0 aliphatic carbocycles. The highest BCUT2D eigenvalue weighted by molar-refractivity contribution is 5.94. The number of Topliss-reactive ketones (excluding diaryl/α,β-unsaturated/α-hetero) is 1. The van der Waals surface area contributed by atoms with E-state index in [-0.39, 0.29) is 23.5 Å². The lowest BCUT2D eigenvalue weighted by molar-refractivity contribution is -0.136. The summed E-state index contributed by atoms with van der Waals surface area (Å²) in [6, 6.07) is -2.22. The second kappa shape index (κ2) is 9.71. The quantitative estimate of drug-likeness (QED) is 0.367. The second-order valence-electron chi connectivity index (χ2n) is 6.57. The average molecular weight is 343 g/mol. The molecule has 1 rings (SSSR count). The zero-order valence-electron chi connectivity index (χ0n) is 14.5. The highest BCUT2D eigenvalue weighted by atomic mass is 16.3. The predicted molar refractivity (Wildman–Crippen MR) is 88.1 cm³/mol. The molecule has 8 nitrogen and oxygen atoms in total. The van der Waals surface area contributed by atoms with Gasteiger partial charge in [-0.3, -0.25) is 14.4 Å². The van der Waals surface area contributed by atoms with Gasteiger partial charge in [-0.05, 0) is 26.3 Å². The second-order valence-corrected chi connectivity index (χ2v) is 6.57. The van der Waals surface area contributed by atoms with Crippen molar-refractivity contribution < 1.29 is 24.6 Å². The van der Waals surface area contributed by atoms with E-state index in [1.54, 1.807) is 13.8 Å². The number of carbonyl (C=O) groups excluding carboxylic acids is 3. The molecule has 4 atom stereocenters. The summed E-state index contributed by atoms with van der Waals surface area (Å²) in [6.07, 6.45) is 0.469. The SMILES string of the molecule is CC(C)C(=O)[C@@H](CO)NC(=O)[C@@H](NC(=O)[C@H]1CCCNC1)[C@H](C)O. The van der Waals surface area contributed by atoms with E-state index in [0.29, 0.717) is 6.54 Å². The number of ketones is 1.